The third-order valence-corrected chi connectivity index (χ3v) is 2.27. The van der Waals surface area contributed by atoms with Gasteiger partial charge in [0, 0.05) is 18.8 Å². The Morgan fingerprint density at radius 1 is 1.80 bits per heavy atom. The lowest BCUT2D eigenvalue weighted by molar-refractivity contribution is 0.589. The highest BCUT2D eigenvalue weighted by atomic mass is 32.2. The van der Waals surface area contributed by atoms with E-state index >= 15 is 0 Å². The van der Waals surface area contributed by atoms with E-state index in [1.165, 1.54) is 12.8 Å². The third kappa shape index (κ3) is 2.77. The van der Waals surface area contributed by atoms with Crippen molar-refractivity contribution in [3.63, 3.8) is 0 Å². The van der Waals surface area contributed by atoms with Gasteiger partial charge in [-0.05, 0) is 19.4 Å². The van der Waals surface area contributed by atoms with E-state index in [2.05, 4.69) is 10.0 Å². The van der Waals surface area contributed by atoms with Gasteiger partial charge in [-0.15, -0.1) is 0 Å². The summed E-state index contributed by atoms with van der Waals surface area (Å²) in [6.45, 7) is 1.95. The molecule has 3 nitrogen and oxygen atoms in total. The van der Waals surface area contributed by atoms with E-state index < -0.39 is 11.0 Å². The van der Waals surface area contributed by atoms with Crippen molar-refractivity contribution in [3.8, 4) is 0 Å². The van der Waals surface area contributed by atoms with Crippen LogP contribution in [0.15, 0.2) is 0 Å². The van der Waals surface area contributed by atoms with E-state index in [1.54, 1.807) is 6.26 Å². The summed E-state index contributed by atoms with van der Waals surface area (Å²) < 4.78 is 13.5. The lowest BCUT2D eigenvalue weighted by Gasteiger charge is -2.08. The van der Waals surface area contributed by atoms with Gasteiger partial charge in [-0.3, -0.25) is 0 Å². The highest BCUT2D eigenvalue weighted by Crippen LogP contribution is 2.02. The first-order valence-corrected chi connectivity index (χ1v) is 5.15. The molecule has 1 aliphatic heterocycles. The van der Waals surface area contributed by atoms with Crippen LogP contribution in [-0.4, -0.2) is 29.6 Å². The van der Waals surface area contributed by atoms with Gasteiger partial charge in [-0.2, -0.15) is 0 Å². The van der Waals surface area contributed by atoms with Crippen molar-refractivity contribution >= 4 is 11.0 Å². The van der Waals surface area contributed by atoms with Crippen molar-refractivity contribution in [2.45, 2.75) is 18.9 Å². The molecule has 1 heterocycles. The maximum atomic E-state index is 10.6. The first-order valence-electron chi connectivity index (χ1n) is 3.59. The maximum Gasteiger partial charge on any atom is 0.0884 e. The molecule has 0 aliphatic carbocycles. The normalized spacial score (nSPS) is 28.7. The van der Waals surface area contributed by atoms with Crippen LogP contribution in [-0.2, 0) is 11.0 Å². The van der Waals surface area contributed by atoms with E-state index in [0.29, 0.717) is 6.04 Å². The van der Waals surface area contributed by atoms with E-state index in [4.69, 9.17) is 0 Å². The molecule has 1 rings (SSSR count). The second kappa shape index (κ2) is 4.05. The Morgan fingerprint density at radius 3 is 3.10 bits per heavy atom. The topological polar surface area (TPSA) is 41.1 Å². The van der Waals surface area contributed by atoms with Crippen LogP contribution in [0.3, 0.4) is 0 Å². The zero-order valence-corrected chi connectivity index (χ0v) is 7.04. The van der Waals surface area contributed by atoms with Crippen molar-refractivity contribution in [1.82, 2.24) is 10.0 Å². The summed E-state index contributed by atoms with van der Waals surface area (Å²) in [7, 11) is -0.852. The molecule has 0 saturated carbocycles. The molecule has 0 radical (unpaired) electrons. The minimum absolute atomic E-state index is 0.545. The minimum Gasteiger partial charge on any atom is -0.313 e. The molecule has 1 saturated heterocycles. The van der Waals surface area contributed by atoms with Crippen molar-refractivity contribution in [2.75, 3.05) is 19.3 Å². The largest absolute Gasteiger partial charge is 0.313 e. The summed E-state index contributed by atoms with van der Waals surface area (Å²) in [6.07, 6.45) is 4.13. The molecule has 0 aromatic rings. The monoisotopic (exact) mass is 162 g/mol. The summed E-state index contributed by atoms with van der Waals surface area (Å²) in [5, 5.41) is 3.32. The second-order valence-electron chi connectivity index (χ2n) is 2.60. The van der Waals surface area contributed by atoms with E-state index in [-0.39, 0.29) is 0 Å². The Balaban J connectivity index is 2.07. The Labute approximate surface area is 64.2 Å². The molecular weight excluding hydrogens is 148 g/mol. The first-order chi connectivity index (χ1) is 4.79. The Bertz CT molecular complexity index is 123. The van der Waals surface area contributed by atoms with E-state index in [1.807, 2.05) is 0 Å². The number of rotatable bonds is 3. The Kier molecular flexibility index (Phi) is 3.31. The van der Waals surface area contributed by atoms with Gasteiger partial charge in [-0.25, -0.2) is 8.93 Å². The fourth-order valence-electron chi connectivity index (χ4n) is 1.15. The fraction of sp³-hybridized carbons (Fsp3) is 1.00. The molecule has 60 valence electrons. The van der Waals surface area contributed by atoms with Crippen LogP contribution < -0.4 is 10.0 Å². The quantitative estimate of drug-likeness (QED) is 0.594. The smallest absolute Gasteiger partial charge is 0.0884 e. The average molecular weight is 162 g/mol. The van der Waals surface area contributed by atoms with Crippen LogP contribution in [0.4, 0.5) is 0 Å². The van der Waals surface area contributed by atoms with Gasteiger partial charge in [0.15, 0.2) is 0 Å². The lowest BCUT2D eigenvalue weighted by Crippen LogP contribution is -2.34. The van der Waals surface area contributed by atoms with E-state index in [9.17, 15) is 4.21 Å². The summed E-state index contributed by atoms with van der Waals surface area (Å²) in [4.78, 5) is 0. The number of hydrogen-bond acceptors (Lipinski definition) is 2. The highest BCUT2D eigenvalue weighted by Gasteiger charge is 2.12. The van der Waals surface area contributed by atoms with Crippen LogP contribution in [0, 0.1) is 0 Å². The SMILES string of the molecule is CS(=O)NCC1CCCN1. The second-order valence-corrected chi connectivity index (χ2v) is 3.79. The molecule has 0 aromatic heterocycles. The van der Waals surface area contributed by atoms with Crippen LogP contribution in [0.5, 0.6) is 0 Å². The van der Waals surface area contributed by atoms with Gasteiger partial charge >= 0.3 is 0 Å². The number of hydrogen-bond donors (Lipinski definition) is 2. The lowest BCUT2D eigenvalue weighted by atomic mass is 10.2. The molecule has 0 aromatic carbocycles. The Morgan fingerprint density at radius 2 is 2.60 bits per heavy atom. The Hall–Kier alpha value is 0.0700. The van der Waals surface area contributed by atoms with Crippen LogP contribution >= 0.6 is 0 Å². The summed E-state index contributed by atoms with van der Waals surface area (Å²) >= 11 is 0. The molecule has 0 amide bonds. The predicted octanol–water partition coefficient (Wildman–Crippen LogP) is -0.379. The van der Waals surface area contributed by atoms with Crippen LogP contribution in [0.25, 0.3) is 0 Å². The van der Waals surface area contributed by atoms with Gasteiger partial charge in [0.1, 0.15) is 0 Å². The van der Waals surface area contributed by atoms with E-state index in [0.717, 1.165) is 13.1 Å². The molecule has 2 N–H and O–H groups in total. The van der Waals surface area contributed by atoms with Crippen molar-refractivity contribution < 1.29 is 4.21 Å². The summed E-state index contributed by atoms with van der Waals surface area (Å²) in [5.41, 5.74) is 0. The molecular formula is C6H14N2OS. The van der Waals surface area contributed by atoms with Crippen molar-refractivity contribution in [3.05, 3.63) is 0 Å². The van der Waals surface area contributed by atoms with Gasteiger partial charge in [0.05, 0.1) is 11.0 Å². The molecule has 2 unspecified atom stereocenters. The molecule has 1 fully saturated rings. The molecule has 0 bridgehead atoms. The minimum atomic E-state index is -0.852. The third-order valence-electron chi connectivity index (χ3n) is 1.70. The standard InChI is InChI=1S/C6H14N2OS/c1-10(9)8-5-6-3-2-4-7-6/h6-8H,2-5H2,1H3. The average Bonchev–Trinajstić information content (AvgIpc) is 2.34. The predicted molar refractivity (Wildman–Crippen MR) is 43.1 cm³/mol. The summed E-state index contributed by atoms with van der Waals surface area (Å²) in [5.74, 6) is 0. The van der Waals surface area contributed by atoms with Crippen molar-refractivity contribution in [1.29, 1.82) is 0 Å². The molecule has 4 heteroatoms. The van der Waals surface area contributed by atoms with Gasteiger partial charge in [0.25, 0.3) is 0 Å². The highest BCUT2D eigenvalue weighted by molar-refractivity contribution is 7.82. The summed E-state index contributed by atoms with van der Waals surface area (Å²) in [6, 6.07) is 0.545. The molecule has 2 atom stereocenters. The van der Waals surface area contributed by atoms with Gasteiger partial charge < -0.3 is 5.32 Å². The zero-order valence-electron chi connectivity index (χ0n) is 6.22. The maximum absolute atomic E-state index is 10.6. The zero-order chi connectivity index (χ0) is 7.40. The van der Waals surface area contributed by atoms with Crippen LogP contribution in [0.2, 0.25) is 0 Å². The van der Waals surface area contributed by atoms with Gasteiger partial charge in [-0.1, -0.05) is 0 Å². The molecule has 10 heavy (non-hydrogen) atoms. The first kappa shape index (κ1) is 8.17. The van der Waals surface area contributed by atoms with Crippen LogP contribution in [0.1, 0.15) is 12.8 Å². The fourth-order valence-corrected chi connectivity index (χ4v) is 1.58. The molecule has 0 spiro atoms. The molecule has 1 aliphatic rings. The number of nitrogens with one attached hydrogen (secondary N) is 2. The van der Waals surface area contributed by atoms with Crippen molar-refractivity contribution in [2.24, 2.45) is 0 Å². The van der Waals surface area contributed by atoms with Gasteiger partial charge in [0.2, 0.25) is 0 Å².